The fraction of sp³-hybridized carbons (Fsp3) is 0.867. The molecule has 0 radical (unpaired) electrons. The number of nitrogens with zero attached hydrogens (tertiary/aromatic N) is 2. The van der Waals surface area contributed by atoms with Gasteiger partial charge in [0.25, 0.3) is 0 Å². The molecule has 0 saturated carbocycles. The van der Waals surface area contributed by atoms with E-state index in [1.54, 1.807) is 19.0 Å². The molecule has 0 aromatic carbocycles. The number of thioether (sulfide) groups is 1. The van der Waals surface area contributed by atoms with Crippen LogP contribution in [-0.4, -0.2) is 67.3 Å². The largest absolute Gasteiger partial charge is 0.444 e. The van der Waals surface area contributed by atoms with Crippen LogP contribution < -0.4 is 10.6 Å². The second-order valence-corrected chi connectivity index (χ2v) is 7.83. The molecule has 1 aliphatic heterocycles. The Morgan fingerprint density at radius 3 is 2.68 bits per heavy atom. The lowest BCUT2D eigenvalue weighted by atomic mass is 10.2. The van der Waals surface area contributed by atoms with Gasteiger partial charge in [0.1, 0.15) is 5.60 Å². The predicted octanol–water partition coefficient (Wildman–Crippen LogP) is 1.91. The molecule has 1 unspecified atom stereocenters. The molecule has 0 aromatic rings. The van der Waals surface area contributed by atoms with Crippen molar-refractivity contribution in [1.29, 1.82) is 0 Å². The molecule has 1 amide bonds. The van der Waals surface area contributed by atoms with E-state index in [1.165, 1.54) is 18.6 Å². The number of amides is 1. The van der Waals surface area contributed by atoms with Gasteiger partial charge < -0.3 is 20.3 Å². The molecule has 2 N–H and O–H groups in total. The summed E-state index contributed by atoms with van der Waals surface area (Å²) in [4.78, 5) is 17.6. The van der Waals surface area contributed by atoms with E-state index < -0.39 is 5.60 Å². The van der Waals surface area contributed by atoms with Gasteiger partial charge in [-0.3, -0.25) is 4.99 Å². The normalized spacial score (nSPS) is 19.0. The van der Waals surface area contributed by atoms with Crippen molar-refractivity contribution in [2.75, 3.05) is 39.5 Å². The highest BCUT2D eigenvalue weighted by molar-refractivity contribution is 8.00. The van der Waals surface area contributed by atoms with Crippen molar-refractivity contribution in [3.05, 3.63) is 0 Å². The van der Waals surface area contributed by atoms with Gasteiger partial charge in [-0.1, -0.05) is 0 Å². The lowest BCUT2D eigenvalue weighted by Crippen LogP contribution is -2.44. The molecular formula is C15H30N4O2S. The highest BCUT2D eigenvalue weighted by atomic mass is 32.2. The van der Waals surface area contributed by atoms with Crippen LogP contribution in [0.4, 0.5) is 4.79 Å². The Morgan fingerprint density at radius 2 is 2.14 bits per heavy atom. The van der Waals surface area contributed by atoms with E-state index in [-0.39, 0.29) is 6.09 Å². The molecule has 1 aliphatic rings. The zero-order valence-corrected chi connectivity index (χ0v) is 15.3. The minimum atomic E-state index is -0.463. The summed E-state index contributed by atoms with van der Waals surface area (Å²) in [5.74, 6) is 2.05. The fourth-order valence-corrected chi connectivity index (χ4v) is 3.21. The Labute approximate surface area is 138 Å². The summed E-state index contributed by atoms with van der Waals surface area (Å²) in [6.07, 6.45) is 2.28. The van der Waals surface area contributed by atoms with Crippen LogP contribution >= 0.6 is 11.8 Å². The fourth-order valence-electron chi connectivity index (χ4n) is 2.01. The first-order valence-corrected chi connectivity index (χ1v) is 8.87. The third kappa shape index (κ3) is 7.77. The predicted molar refractivity (Wildman–Crippen MR) is 93.7 cm³/mol. The van der Waals surface area contributed by atoms with Gasteiger partial charge in [0.05, 0.1) is 0 Å². The Bertz CT molecular complexity index is 376. The Kier molecular flexibility index (Phi) is 7.85. The summed E-state index contributed by atoms with van der Waals surface area (Å²) >= 11 is 2.02. The van der Waals surface area contributed by atoms with Crippen LogP contribution in [0.1, 0.15) is 33.6 Å². The first kappa shape index (κ1) is 18.9. The average Bonchev–Trinajstić information content (AvgIpc) is 2.93. The maximum atomic E-state index is 11.8. The second-order valence-electron chi connectivity index (χ2n) is 6.42. The van der Waals surface area contributed by atoms with E-state index in [0.29, 0.717) is 18.3 Å². The van der Waals surface area contributed by atoms with Crippen LogP contribution in [0.25, 0.3) is 0 Å². The summed E-state index contributed by atoms with van der Waals surface area (Å²) in [6, 6.07) is 0. The molecule has 1 atom stereocenters. The smallest absolute Gasteiger partial charge is 0.410 e. The van der Waals surface area contributed by atoms with E-state index in [1.807, 2.05) is 32.5 Å². The number of guanidine groups is 1. The van der Waals surface area contributed by atoms with Crippen LogP contribution in [0.3, 0.4) is 0 Å². The first-order valence-electron chi connectivity index (χ1n) is 7.82. The van der Waals surface area contributed by atoms with E-state index in [4.69, 9.17) is 4.74 Å². The summed E-state index contributed by atoms with van der Waals surface area (Å²) in [7, 11) is 3.50. The maximum Gasteiger partial charge on any atom is 0.410 e. The van der Waals surface area contributed by atoms with Crippen LogP contribution in [-0.2, 0) is 4.74 Å². The molecule has 1 heterocycles. The van der Waals surface area contributed by atoms with E-state index in [9.17, 15) is 4.79 Å². The number of hydrogen-bond donors (Lipinski definition) is 2. The minimum Gasteiger partial charge on any atom is -0.444 e. The van der Waals surface area contributed by atoms with Gasteiger partial charge in [0.15, 0.2) is 5.96 Å². The zero-order valence-electron chi connectivity index (χ0n) is 14.4. The van der Waals surface area contributed by atoms with Gasteiger partial charge in [-0.25, -0.2) is 4.79 Å². The van der Waals surface area contributed by atoms with Crippen molar-refractivity contribution >= 4 is 23.8 Å². The number of hydrogen-bond acceptors (Lipinski definition) is 4. The van der Waals surface area contributed by atoms with Crippen molar-refractivity contribution in [2.45, 2.75) is 44.5 Å². The monoisotopic (exact) mass is 330 g/mol. The standard InChI is InChI=1S/C15H30N4O2S/c1-15(2,3)21-14(20)19(5)9-8-17-13(16-4)18-11-12-7-6-10-22-12/h12H,6-11H2,1-5H3,(H2,16,17,18). The molecule has 22 heavy (non-hydrogen) atoms. The van der Waals surface area contributed by atoms with Crippen molar-refractivity contribution in [2.24, 2.45) is 4.99 Å². The van der Waals surface area contributed by atoms with Crippen LogP contribution in [0.2, 0.25) is 0 Å². The molecule has 0 spiro atoms. The van der Waals surface area contributed by atoms with Crippen LogP contribution in [0.5, 0.6) is 0 Å². The topological polar surface area (TPSA) is 66.0 Å². The molecule has 0 aromatic heterocycles. The number of carbonyl (C=O) groups excluding carboxylic acids is 1. The Balaban J connectivity index is 2.21. The average molecular weight is 330 g/mol. The van der Waals surface area contributed by atoms with Gasteiger partial charge >= 0.3 is 6.09 Å². The number of likely N-dealkylation sites (N-methyl/N-ethyl adjacent to an activating group) is 1. The van der Waals surface area contributed by atoms with E-state index in [0.717, 1.165) is 12.5 Å². The molecule has 1 rings (SSSR count). The third-order valence-corrected chi connectivity index (χ3v) is 4.59. The summed E-state index contributed by atoms with van der Waals surface area (Å²) < 4.78 is 5.31. The van der Waals surface area contributed by atoms with Crippen LogP contribution in [0, 0.1) is 0 Å². The van der Waals surface area contributed by atoms with Gasteiger partial charge in [0.2, 0.25) is 0 Å². The molecule has 6 nitrogen and oxygen atoms in total. The maximum absolute atomic E-state index is 11.8. The molecular weight excluding hydrogens is 300 g/mol. The van der Waals surface area contributed by atoms with Crippen molar-refractivity contribution in [3.8, 4) is 0 Å². The van der Waals surface area contributed by atoms with E-state index >= 15 is 0 Å². The number of rotatable bonds is 5. The molecule has 7 heteroatoms. The lowest BCUT2D eigenvalue weighted by Gasteiger charge is -2.25. The van der Waals surface area contributed by atoms with Gasteiger partial charge in [-0.05, 0) is 39.4 Å². The highest BCUT2D eigenvalue weighted by Gasteiger charge is 2.19. The first-order chi connectivity index (χ1) is 10.3. The quantitative estimate of drug-likeness (QED) is 0.595. The molecule has 1 fully saturated rings. The number of carbonyl (C=O) groups is 1. The minimum absolute atomic E-state index is 0.306. The Hall–Kier alpha value is -1.11. The lowest BCUT2D eigenvalue weighted by molar-refractivity contribution is 0.0302. The van der Waals surface area contributed by atoms with Crippen molar-refractivity contribution in [3.63, 3.8) is 0 Å². The summed E-state index contributed by atoms with van der Waals surface area (Å²) in [5, 5.41) is 7.24. The number of ether oxygens (including phenoxy) is 1. The van der Waals surface area contributed by atoms with Crippen molar-refractivity contribution in [1.82, 2.24) is 15.5 Å². The number of aliphatic imine (C=N–C) groups is 1. The summed E-state index contributed by atoms with van der Waals surface area (Å²) in [5.41, 5.74) is -0.463. The molecule has 1 saturated heterocycles. The molecule has 128 valence electrons. The van der Waals surface area contributed by atoms with Crippen LogP contribution in [0.15, 0.2) is 4.99 Å². The van der Waals surface area contributed by atoms with E-state index in [2.05, 4.69) is 15.6 Å². The highest BCUT2D eigenvalue weighted by Crippen LogP contribution is 2.25. The summed E-state index contributed by atoms with van der Waals surface area (Å²) in [6.45, 7) is 7.73. The van der Waals surface area contributed by atoms with Gasteiger partial charge in [-0.15, -0.1) is 0 Å². The SMILES string of the molecule is CN=C(NCCN(C)C(=O)OC(C)(C)C)NCC1CCCS1. The van der Waals surface area contributed by atoms with Gasteiger partial charge in [0, 0.05) is 39.0 Å². The molecule has 0 bridgehead atoms. The third-order valence-electron chi connectivity index (χ3n) is 3.19. The molecule has 0 aliphatic carbocycles. The second kappa shape index (κ2) is 9.12. The number of nitrogens with one attached hydrogen (secondary N) is 2. The van der Waals surface area contributed by atoms with Gasteiger partial charge in [-0.2, -0.15) is 11.8 Å². The van der Waals surface area contributed by atoms with Crippen molar-refractivity contribution < 1.29 is 9.53 Å². The Morgan fingerprint density at radius 1 is 1.41 bits per heavy atom. The zero-order chi connectivity index (χ0) is 16.6.